The highest BCUT2D eigenvalue weighted by Crippen LogP contribution is 2.22. The van der Waals surface area contributed by atoms with E-state index in [0.717, 1.165) is 10.0 Å². The van der Waals surface area contributed by atoms with Crippen molar-refractivity contribution in [1.29, 1.82) is 0 Å². The summed E-state index contributed by atoms with van der Waals surface area (Å²) in [4.78, 5) is 3.22. The van der Waals surface area contributed by atoms with Crippen LogP contribution in [-0.2, 0) is 6.54 Å². The molecule has 0 spiro atoms. The highest BCUT2D eigenvalue weighted by atomic mass is 79.9. The second kappa shape index (κ2) is 3.40. The summed E-state index contributed by atoms with van der Waals surface area (Å²) in [5, 5.41) is 9.04. The van der Waals surface area contributed by atoms with Gasteiger partial charge in [0.05, 0.1) is 0 Å². The third-order valence-electron chi connectivity index (χ3n) is 1.28. The Morgan fingerprint density at radius 2 is 2.27 bits per heavy atom. The first-order valence-electron chi connectivity index (χ1n) is 3.04. The Morgan fingerprint density at radius 1 is 1.55 bits per heavy atom. The highest BCUT2D eigenvalue weighted by Gasteiger charge is 2.01. The fraction of sp³-hybridized carbons (Fsp3) is 0.125. The summed E-state index contributed by atoms with van der Waals surface area (Å²) in [5.41, 5.74) is 0.819. The number of hydrogen-bond donors (Lipinski definition) is 1. The van der Waals surface area contributed by atoms with Gasteiger partial charge in [-0.2, -0.15) is 0 Å². The van der Waals surface area contributed by atoms with E-state index in [4.69, 9.17) is 11.7 Å². The third-order valence-corrected chi connectivity index (χ3v) is 2.05. The van der Waals surface area contributed by atoms with Crippen molar-refractivity contribution in [2.45, 2.75) is 6.54 Å². The number of rotatable bonds is 1. The fourth-order valence-electron chi connectivity index (χ4n) is 0.767. The van der Waals surface area contributed by atoms with Crippen molar-refractivity contribution in [3.05, 3.63) is 39.7 Å². The van der Waals surface area contributed by atoms with Crippen LogP contribution in [0.3, 0.4) is 0 Å². The second-order valence-electron chi connectivity index (χ2n) is 2.09. The molecular weight excluding hydrogens is 206 g/mol. The zero-order valence-electron chi connectivity index (χ0n) is 5.71. The molecule has 1 rings (SSSR count). The molecule has 0 atom stereocenters. The maximum absolute atomic E-state index is 9.04. The predicted molar refractivity (Wildman–Crippen MR) is 46.1 cm³/mol. The average Bonchev–Trinajstić information content (AvgIpc) is 1.98. The van der Waals surface area contributed by atoms with Crippen molar-refractivity contribution >= 4 is 15.9 Å². The van der Waals surface area contributed by atoms with Crippen LogP contribution in [0.4, 0.5) is 0 Å². The Labute approximate surface area is 73.4 Å². The van der Waals surface area contributed by atoms with Gasteiger partial charge in [0.1, 0.15) is 5.75 Å². The molecule has 0 aliphatic rings. The minimum absolute atomic E-state index is 0.201. The van der Waals surface area contributed by atoms with Gasteiger partial charge in [0.15, 0.2) is 0 Å². The fourth-order valence-corrected chi connectivity index (χ4v) is 1.14. The van der Waals surface area contributed by atoms with E-state index in [-0.39, 0.29) is 5.75 Å². The first-order valence-corrected chi connectivity index (χ1v) is 3.84. The lowest BCUT2D eigenvalue weighted by molar-refractivity contribution is 0.474. The van der Waals surface area contributed by atoms with Gasteiger partial charge in [0.2, 0.25) is 6.54 Å². The maximum atomic E-state index is 9.04. The van der Waals surface area contributed by atoms with Gasteiger partial charge in [0, 0.05) is 10.0 Å². The van der Waals surface area contributed by atoms with Gasteiger partial charge in [-0.25, -0.2) is 6.57 Å². The molecule has 0 aliphatic carbocycles. The van der Waals surface area contributed by atoms with Gasteiger partial charge in [-0.1, -0.05) is 15.9 Å². The van der Waals surface area contributed by atoms with Gasteiger partial charge >= 0.3 is 0 Å². The molecule has 0 aromatic heterocycles. The van der Waals surface area contributed by atoms with Crippen LogP contribution in [0.1, 0.15) is 5.56 Å². The Kier molecular flexibility index (Phi) is 2.50. The van der Waals surface area contributed by atoms with Crippen LogP contribution in [-0.4, -0.2) is 5.11 Å². The molecule has 2 nitrogen and oxygen atoms in total. The van der Waals surface area contributed by atoms with E-state index < -0.39 is 0 Å². The molecule has 11 heavy (non-hydrogen) atoms. The van der Waals surface area contributed by atoms with Crippen LogP contribution in [0.15, 0.2) is 22.7 Å². The summed E-state index contributed by atoms with van der Waals surface area (Å²) < 4.78 is 0.867. The highest BCUT2D eigenvalue weighted by molar-refractivity contribution is 9.10. The largest absolute Gasteiger partial charge is 0.508 e. The SMILES string of the molecule is [C-]#[N+]Cc1cc(O)ccc1Br. The number of nitrogens with zero attached hydrogens (tertiary/aromatic N) is 1. The van der Waals surface area contributed by atoms with Crippen molar-refractivity contribution in [2.75, 3.05) is 0 Å². The molecule has 0 saturated heterocycles. The zero-order valence-corrected chi connectivity index (χ0v) is 7.30. The first kappa shape index (κ1) is 8.09. The Morgan fingerprint density at radius 3 is 2.91 bits per heavy atom. The van der Waals surface area contributed by atoms with E-state index >= 15 is 0 Å². The molecule has 0 saturated carbocycles. The van der Waals surface area contributed by atoms with Crippen LogP contribution in [0.2, 0.25) is 0 Å². The lowest BCUT2D eigenvalue weighted by Gasteiger charge is -1.96. The lowest BCUT2D eigenvalue weighted by atomic mass is 10.2. The van der Waals surface area contributed by atoms with Crippen LogP contribution in [0, 0.1) is 6.57 Å². The Bertz CT molecular complexity index is 303. The predicted octanol–water partition coefficient (Wildman–Crippen LogP) is 2.57. The molecule has 3 heteroatoms. The molecular formula is C8H6BrNO. The molecule has 1 aromatic carbocycles. The molecule has 0 fully saturated rings. The first-order chi connectivity index (χ1) is 5.24. The lowest BCUT2D eigenvalue weighted by Crippen LogP contribution is -1.80. The smallest absolute Gasteiger partial charge is 0.241 e. The van der Waals surface area contributed by atoms with Crippen LogP contribution in [0.25, 0.3) is 4.85 Å². The van der Waals surface area contributed by atoms with Gasteiger partial charge in [0.25, 0.3) is 0 Å². The van der Waals surface area contributed by atoms with Crippen molar-refractivity contribution < 1.29 is 5.11 Å². The van der Waals surface area contributed by atoms with Crippen LogP contribution in [0.5, 0.6) is 5.75 Å². The molecule has 0 aliphatic heterocycles. The van der Waals surface area contributed by atoms with Gasteiger partial charge in [-0.3, -0.25) is 0 Å². The minimum atomic E-state index is 0.201. The summed E-state index contributed by atoms with van der Waals surface area (Å²) in [5.74, 6) is 0.201. The number of aromatic hydroxyl groups is 1. The van der Waals surface area contributed by atoms with E-state index in [1.165, 1.54) is 0 Å². The molecule has 0 radical (unpaired) electrons. The summed E-state index contributed by atoms with van der Waals surface area (Å²) in [6.07, 6.45) is 0. The monoisotopic (exact) mass is 211 g/mol. The minimum Gasteiger partial charge on any atom is -0.508 e. The van der Waals surface area contributed by atoms with E-state index in [0.29, 0.717) is 6.54 Å². The molecule has 0 bridgehead atoms. The number of benzene rings is 1. The van der Waals surface area contributed by atoms with Gasteiger partial charge in [-0.15, -0.1) is 0 Å². The number of phenols is 1. The zero-order chi connectivity index (χ0) is 8.27. The number of hydrogen-bond acceptors (Lipinski definition) is 1. The Hall–Kier alpha value is -1.01. The standard InChI is InChI=1S/C8H6BrNO/c1-10-5-6-4-7(11)2-3-8(6)9/h2-4,11H,5H2. The molecule has 1 aromatic rings. The molecule has 0 heterocycles. The van der Waals surface area contributed by atoms with Crippen molar-refractivity contribution in [2.24, 2.45) is 0 Å². The quantitative estimate of drug-likeness (QED) is 0.711. The van der Waals surface area contributed by atoms with E-state index in [1.54, 1.807) is 18.2 Å². The summed E-state index contributed by atoms with van der Waals surface area (Å²) in [7, 11) is 0. The van der Waals surface area contributed by atoms with E-state index in [1.807, 2.05) is 0 Å². The van der Waals surface area contributed by atoms with Gasteiger partial charge < -0.3 is 9.95 Å². The van der Waals surface area contributed by atoms with Crippen molar-refractivity contribution in [1.82, 2.24) is 0 Å². The summed E-state index contributed by atoms with van der Waals surface area (Å²) in [6, 6.07) is 4.90. The van der Waals surface area contributed by atoms with Crippen LogP contribution < -0.4 is 0 Å². The average molecular weight is 212 g/mol. The summed E-state index contributed by atoms with van der Waals surface area (Å²) in [6.45, 7) is 6.93. The van der Waals surface area contributed by atoms with Gasteiger partial charge in [-0.05, 0) is 18.2 Å². The molecule has 0 unspecified atom stereocenters. The summed E-state index contributed by atoms with van der Waals surface area (Å²) >= 11 is 3.28. The normalized spacial score (nSPS) is 9.09. The number of halogens is 1. The molecule has 56 valence electrons. The second-order valence-corrected chi connectivity index (χ2v) is 2.95. The molecule has 0 amide bonds. The maximum Gasteiger partial charge on any atom is 0.241 e. The molecule has 1 N–H and O–H groups in total. The van der Waals surface area contributed by atoms with Crippen molar-refractivity contribution in [3.63, 3.8) is 0 Å². The number of phenolic OH excluding ortho intramolecular Hbond substituents is 1. The third kappa shape index (κ3) is 1.95. The van der Waals surface area contributed by atoms with E-state index in [9.17, 15) is 0 Å². The van der Waals surface area contributed by atoms with Crippen LogP contribution >= 0.6 is 15.9 Å². The topological polar surface area (TPSA) is 24.6 Å². The Balaban J connectivity index is 3.05. The van der Waals surface area contributed by atoms with Crippen molar-refractivity contribution in [3.8, 4) is 5.75 Å². The van der Waals surface area contributed by atoms with E-state index in [2.05, 4.69) is 20.8 Å².